The Hall–Kier alpha value is -2.78. The second-order valence-corrected chi connectivity index (χ2v) is 6.70. The first-order valence-electron chi connectivity index (χ1n) is 8.43. The largest absolute Gasteiger partial charge is 0.481 e. The zero-order chi connectivity index (χ0) is 19.8. The number of carboxylic acids is 1. The number of carboxylic acid groups (broad SMARTS) is 1. The van der Waals surface area contributed by atoms with E-state index in [0.29, 0.717) is 30.6 Å². The van der Waals surface area contributed by atoms with Gasteiger partial charge in [-0.05, 0) is 36.6 Å². The molecular formula is C17H18F3N3O4. The Labute approximate surface area is 152 Å². The highest BCUT2D eigenvalue weighted by Crippen LogP contribution is 2.38. The molecule has 0 bridgehead atoms. The third-order valence-corrected chi connectivity index (χ3v) is 4.83. The van der Waals surface area contributed by atoms with Crippen LogP contribution in [0.4, 0.5) is 29.3 Å². The normalized spacial score (nSPS) is 22.6. The lowest BCUT2D eigenvalue weighted by Crippen LogP contribution is -2.35. The third-order valence-electron chi connectivity index (χ3n) is 4.83. The van der Waals surface area contributed by atoms with Crippen molar-refractivity contribution in [2.24, 2.45) is 11.8 Å². The Morgan fingerprint density at radius 2 is 1.96 bits per heavy atom. The van der Waals surface area contributed by atoms with Gasteiger partial charge in [0.15, 0.2) is 0 Å². The number of halogens is 3. The Bertz CT molecular complexity index is 781. The molecule has 1 fully saturated rings. The number of hydrogen-bond donors (Lipinski definition) is 3. The van der Waals surface area contributed by atoms with E-state index in [2.05, 4.69) is 10.6 Å². The van der Waals surface area contributed by atoms with Gasteiger partial charge in [-0.15, -0.1) is 0 Å². The first kappa shape index (κ1) is 19.0. The van der Waals surface area contributed by atoms with Crippen LogP contribution in [0.1, 0.15) is 18.4 Å². The van der Waals surface area contributed by atoms with Crippen molar-refractivity contribution >= 4 is 29.3 Å². The number of benzene rings is 1. The lowest BCUT2D eigenvalue weighted by Gasteiger charge is -2.19. The van der Waals surface area contributed by atoms with Gasteiger partial charge in [-0.2, -0.15) is 13.2 Å². The van der Waals surface area contributed by atoms with E-state index in [-0.39, 0.29) is 5.91 Å². The Morgan fingerprint density at radius 3 is 2.59 bits per heavy atom. The Kier molecular flexibility index (Phi) is 4.99. The molecule has 2 atom stereocenters. The van der Waals surface area contributed by atoms with Crippen molar-refractivity contribution in [3.05, 3.63) is 23.8 Å². The molecule has 27 heavy (non-hydrogen) atoms. The van der Waals surface area contributed by atoms with Crippen molar-refractivity contribution in [1.29, 1.82) is 0 Å². The van der Waals surface area contributed by atoms with E-state index in [0.717, 1.165) is 10.5 Å². The van der Waals surface area contributed by atoms with Crippen LogP contribution >= 0.6 is 0 Å². The standard InChI is InChI=1S/C17H18F3N3O4/c18-17(19,20)12-8-23(7-11(12)15(25)26)16(27)21-10-4-5-13-9(6-10)2-1-3-14(24)22-13/h4-6,11-12H,1-3,7-8H2,(H,21,27)(H,22,24)(H,25,26)/t11-,12-/m1/s1. The summed E-state index contributed by atoms with van der Waals surface area (Å²) in [6.45, 7) is -1.21. The molecule has 2 aliphatic heterocycles. The quantitative estimate of drug-likeness (QED) is 0.729. The smallest absolute Gasteiger partial charge is 0.394 e. The number of rotatable bonds is 2. The van der Waals surface area contributed by atoms with Gasteiger partial charge in [-0.1, -0.05) is 0 Å². The summed E-state index contributed by atoms with van der Waals surface area (Å²) in [5.41, 5.74) is 1.83. The number of amides is 3. The maximum atomic E-state index is 13.0. The van der Waals surface area contributed by atoms with Crippen LogP contribution in [0.2, 0.25) is 0 Å². The Morgan fingerprint density at radius 1 is 1.22 bits per heavy atom. The highest BCUT2D eigenvalue weighted by atomic mass is 19.4. The number of carbonyl (C=O) groups is 3. The summed E-state index contributed by atoms with van der Waals surface area (Å²) < 4.78 is 39.1. The maximum absolute atomic E-state index is 13.0. The predicted octanol–water partition coefficient (Wildman–Crippen LogP) is 2.69. The number of nitrogens with one attached hydrogen (secondary N) is 2. The van der Waals surface area contributed by atoms with Crippen LogP contribution in [0.15, 0.2) is 18.2 Å². The molecule has 3 amide bonds. The fourth-order valence-electron chi connectivity index (χ4n) is 3.41. The lowest BCUT2D eigenvalue weighted by atomic mass is 9.96. The number of aliphatic carboxylic acids is 1. The third kappa shape index (κ3) is 4.15. The van der Waals surface area contributed by atoms with E-state index in [1.54, 1.807) is 12.1 Å². The van der Waals surface area contributed by atoms with Crippen molar-refractivity contribution < 1.29 is 32.7 Å². The highest BCUT2D eigenvalue weighted by Gasteiger charge is 2.53. The van der Waals surface area contributed by atoms with E-state index in [1.807, 2.05) is 0 Å². The minimum Gasteiger partial charge on any atom is -0.481 e. The van der Waals surface area contributed by atoms with E-state index >= 15 is 0 Å². The first-order valence-corrected chi connectivity index (χ1v) is 8.43. The van der Waals surface area contributed by atoms with Gasteiger partial charge in [0, 0.05) is 30.9 Å². The molecule has 0 aromatic heterocycles. The fraction of sp³-hybridized carbons (Fsp3) is 0.471. The summed E-state index contributed by atoms with van der Waals surface area (Å²) in [5, 5.41) is 14.3. The molecule has 3 rings (SSSR count). The minimum atomic E-state index is -4.69. The molecule has 1 saturated heterocycles. The maximum Gasteiger partial charge on any atom is 0.394 e. The van der Waals surface area contributed by atoms with Gasteiger partial charge >= 0.3 is 18.2 Å². The van der Waals surface area contributed by atoms with Crippen LogP contribution in [0.5, 0.6) is 0 Å². The van der Waals surface area contributed by atoms with E-state index in [1.165, 1.54) is 6.07 Å². The second kappa shape index (κ2) is 7.09. The average Bonchev–Trinajstić information content (AvgIpc) is 2.95. The summed E-state index contributed by atoms with van der Waals surface area (Å²) in [6.07, 6.45) is -3.03. The van der Waals surface area contributed by atoms with Crippen molar-refractivity contribution in [2.45, 2.75) is 25.4 Å². The number of likely N-dealkylation sites (tertiary alicyclic amines) is 1. The summed E-state index contributed by atoms with van der Waals surface area (Å²) in [6, 6.07) is 4.03. The van der Waals surface area contributed by atoms with Crippen LogP contribution < -0.4 is 10.6 Å². The average molecular weight is 385 g/mol. The zero-order valence-electron chi connectivity index (χ0n) is 14.2. The number of urea groups is 1. The SMILES string of the molecule is O=C1CCCc2cc(NC(=O)N3C[C@@H](C(F)(F)F)[C@H](C(=O)O)C3)ccc2N1. The highest BCUT2D eigenvalue weighted by molar-refractivity contribution is 5.94. The molecule has 0 aliphatic carbocycles. The van der Waals surface area contributed by atoms with Crippen LogP contribution in [0.25, 0.3) is 0 Å². The molecule has 146 valence electrons. The number of anilines is 2. The molecule has 2 heterocycles. The molecular weight excluding hydrogens is 367 g/mol. The summed E-state index contributed by atoms with van der Waals surface area (Å²) in [4.78, 5) is 35.9. The fourth-order valence-corrected chi connectivity index (χ4v) is 3.41. The molecule has 2 aliphatic rings. The molecule has 7 nitrogen and oxygen atoms in total. The number of alkyl halides is 3. The summed E-state index contributed by atoms with van der Waals surface area (Å²) in [7, 11) is 0. The van der Waals surface area contributed by atoms with Crippen molar-refractivity contribution in [1.82, 2.24) is 4.90 Å². The van der Waals surface area contributed by atoms with Crippen LogP contribution in [0.3, 0.4) is 0 Å². The van der Waals surface area contributed by atoms with Crippen LogP contribution in [-0.4, -0.2) is 47.2 Å². The Balaban J connectivity index is 1.71. The molecule has 0 spiro atoms. The van der Waals surface area contributed by atoms with E-state index < -0.39 is 43.1 Å². The van der Waals surface area contributed by atoms with Gasteiger partial charge in [0.05, 0.1) is 11.8 Å². The number of aryl methyl sites for hydroxylation is 1. The number of carbonyl (C=O) groups excluding carboxylic acids is 2. The van der Waals surface area contributed by atoms with E-state index in [4.69, 9.17) is 5.11 Å². The van der Waals surface area contributed by atoms with Crippen molar-refractivity contribution in [3.8, 4) is 0 Å². The van der Waals surface area contributed by atoms with Crippen molar-refractivity contribution in [3.63, 3.8) is 0 Å². The molecule has 1 aromatic rings. The first-order chi connectivity index (χ1) is 12.6. The molecule has 1 aromatic carbocycles. The number of fused-ring (bicyclic) bond motifs is 1. The van der Waals surface area contributed by atoms with Crippen LogP contribution in [0, 0.1) is 11.8 Å². The molecule has 3 N–H and O–H groups in total. The van der Waals surface area contributed by atoms with Crippen LogP contribution in [-0.2, 0) is 16.0 Å². The molecule has 0 unspecified atom stereocenters. The lowest BCUT2D eigenvalue weighted by molar-refractivity contribution is -0.187. The zero-order valence-corrected chi connectivity index (χ0v) is 14.2. The molecule has 10 heteroatoms. The second-order valence-electron chi connectivity index (χ2n) is 6.70. The van der Waals surface area contributed by atoms with Gasteiger partial charge in [-0.3, -0.25) is 9.59 Å². The van der Waals surface area contributed by atoms with Gasteiger partial charge in [0.2, 0.25) is 5.91 Å². The van der Waals surface area contributed by atoms with E-state index in [9.17, 15) is 27.6 Å². The summed E-state index contributed by atoms with van der Waals surface area (Å²) in [5.74, 6) is -5.45. The monoisotopic (exact) mass is 385 g/mol. The van der Waals surface area contributed by atoms with Gasteiger partial charge in [0.1, 0.15) is 0 Å². The summed E-state index contributed by atoms with van der Waals surface area (Å²) >= 11 is 0. The predicted molar refractivity (Wildman–Crippen MR) is 89.3 cm³/mol. The van der Waals surface area contributed by atoms with Gasteiger partial charge in [0.25, 0.3) is 0 Å². The number of hydrogen-bond acceptors (Lipinski definition) is 3. The minimum absolute atomic E-state index is 0.0968. The van der Waals surface area contributed by atoms with Crippen molar-refractivity contribution in [2.75, 3.05) is 23.7 Å². The number of nitrogens with zero attached hydrogens (tertiary/aromatic N) is 1. The van der Waals surface area contributed by atoms with Gasteiger partial charge in [-0.25, -0.2) is 4.79 Å². The topological polar surface area (TPSA) is 98.7 Å². The molecule has 0 radical (unpaired) electrons. The molecule has 0 saturated carbocycles. The van der Waals surface area contributed by atoms with Gasteiger partial charge < -0.3 is 20.6 Å².